The minimum absolute atomic E-state index is 0.000864. The molecule has 1 aliphatic heterocycles. The number of amides is 1. The van der Waals surface area contributed by atoms with Gasteiger partial charge in [-0.15, -0.1) is 0 Å². The van der Waals surface area contributed by atoms with Gasteiger partial charge in [0.25, 0.3) is 0 Å². The predicted molar refractivity (Wildman–Crippen MR) is 96.0 cm³/mol. The molecule has 0 aliphatic carbocycles. The van der Waals surface area contributed by atoms with Crippen molar-refractivity contribution in [3.63, 3.8) is 0 Å². The van der Waals surface area contributed by atoms with Gasteiger partial charge >= 0.3 is 0 Å². The van der Waals surface area contributed by atoms with Crippen LogP contribution in [0, 0.1) is 5.92 Å². The third kappa shape index (κ3) is 3.36. The van der Waals surface area contributed by atoms with E-state index in [0.717, 1.165) is 48.1 Å². The van der Waals surface area contributed by atoms with Gasteiger partial charge in [0.1, 0.15) is 5.82 Å². The first-order chi connectivity index (χ1) is 12.2. The zero-order valence-electron chi connectivity index (χ0n) is 14.1. The average Bonchev–Trinajstić information content (AvgIpc) is 3.08. The van der Waals surface area contributed by atoms with Crippen molar-refractivity contribution in [1.29, 1.82) is 0 Å². The molecular formula is C18H20N6O. The van der Waals surface area contributed by atoms with E-state index in [2.05, 4.69) is 25.7 Å². The Labute approximate surface area is 145 Å². The molecule has 1 aliphatic rings. The molecular weight excluding hydrogens is 316 g/mol. The molecule has 7 heteroatoms. The number of aromatic nitrogens is 4. The maximum absolute atomic E-state index is 12.4. The summed E-state index contributed by atoms with van der Waals surface area (Å²) >= 11 is 0. The van der Waals surface area contributed by atoms with E-state index in [1.165, 1.54) is 0 Å². The first-order valence-electron chi connectivity index (χ1n) is 8.46. The summed E-state index contributed by atoms with van der Waals surface area (Å²) in [4.78, 5) is 21.4. The van der Waals surface area contributed by atoms with Gasteiger partial charge in [-0.05, 0) is 31.5 Å². The van der Waals surface area contributed by atoms with Crippen molar-refractivity contribution >= 4 is 22.6 Å². The van der Waals surface area contributed by atoms with Crippen LogP contribution in [0.5, 0.6) is 0 Å². The summed E-state index contributed by atoms with van der Waals surface area (Å²) in [5.41, 5.74) is 2.61. The molecule has 4 rings (SSSR count). The molecule has 25 heavy (non-hydrogen) atoms. The first kappa shape index (κ1) is 15.7. The summed E-state index contributed by atoms with van der Waals surface area (Å²) in [6, 6.07) is 5.75. The van der Waals surface area contributed by atoms with Gasteiger partial charge in [0.2, 0.25) is 5.91 Å². The maximum atomic E-state index is 12.4. The number of piperidine rings is 1. The van der Waals surface area contributed by atoms with Crippen molar-refractivity contribution in [2.24, 2.45) is 13.0 Å². The van der Waals surface area contributed by atoms with Crippen LogP contribution in [0.4, 0.5) is 5.82 Å². The smallest absolute Gasteiger partial charge is 0.229 e. The molecule has 1 unspecified atom stereocenters. The van der Waals surface area contributed by atoms with Crippen molar-refractivity contribution in [2.75, 3.05) is 18.4 Å². The van der Waals surface area contributed by atoms with Gasteiger partial charge in [-0.3, -0.25) is 9.48 Å². The Morgan fingerprint density at radius 1 is 1.36 bits per heavy atom. The number of aryl methyl sites for hydroxylation is 1. The van der Waals surface area contributed by atoms with E-state index in [9.17, 15) is 4.79 Å². The molecule has 1 saturated heterocycles. The number of rotatable bonds is 3. The summed E-state index contributed by atoms with van der Waals surface area (Å²) in [5, 5.41) is 11.3. The molecule has 3 aromatic heterocycles. The van der Waals surface area contributed by atoms with Crippen molar-refractivity contribution in [3.05, 3.63) is 36.8 Å². The van der Waals surface area contributed by atoms with E-state index < -0.39 is 0 Å². The first-order valence-corrected chi connectivity index (χ1v) is 8.46. The molecule has 1 atom stereocenters. The van der Waals surface area contributed by atoms with Crippen LogP contribution in [-0.2, 0) is 11.8 Å². The Morgan fingerprint density at radius 3 is 3.04 bits per heavy atom. The summed E-state index contributed by atoms with van der Waals surface area (Å²) in [6.07, 6.45) is 7.39. The lowest BCUT2D eigenvalue weighted by Gasteiger charge is -2.21. The predicted octanol–water partition coefficient (Wildman–Crippen LogP) is 1.97. The molecule has 0 bridgehead atoms. The van der Waals surface area contributed by atoms with Gasteiger partial charge in [0, 0.05) is 43.0 Å². The largest absolute Gasteiger partial charge is 0.316 e. The third-order valence-corrected chi connectivity index (χ3v) is 4.49. The van der Waals surface area contributed by atoms with Gasteiger partial charge in [0.15, 0.2) is 0 Å². The van der Waals surface area contributed by atoms with E-state index in [0.29, 0.717) is 5.82 Å². The minimum atomic E-state index is 0.000864. The Balaban J connectivity index is 1.59. The van der Waals surface area contributed by atoms with Crippen molar-refractivity contribution in [1.82, 2.24) is 25.1 Å². The number of hydrogen-bond donors (Lipinski definition) is 2. The van der Waals surface area contributed by atoms with E-state index in [4.69, 9.17) is 0 Å². The molecule has 0 saturated carbocycles. The van der Waals surface area contributed by atoms with Crippen LogP contribution in [-0.4, -0.2) is 38.7 Å². The fourth-order valence-corrected chi connectivity index (χ4v) is 3.10. The Morgan fingerprint density at radius 2 is 2.28 bits per heavy atom. The number of nitrogens with one attached hydrogen (secondary N) is 2. The molecule has 1 amide bonds. The molecule has 0 radical (unpaired) electrons. The van der Waals surface area contributed by atoms with Crippen LogP contribution < -0.4 is 10.6 Å². The second kappa shape index (κ2) is 6.60. The van der Waals surface area contributed by atoms with E-state index in [1.807, 2.05) is 31.4 Å². The van der Waals surface area contributed by atoms with Gasteiger partial charge in [-0.25, -0.2) is 9.97 Å². The highest BCUT2D eigenvalue weighted by molar-refractivity contribution is 5.93. The summed E-state index contributed by atoms with van der Waals surface area (Å²) in [7, 11) is 1.88. The Kier molecular flexibility index (Phi) is 4.15. The second-order valence-corrected chi connectivity index (χ2v) is 6.39. The molecule has 0 aromatic carbocycles. The topological polar surface area (TPSA) is 84.7 Å². The molecule has 0 spiro atoms. The van der Waals surface area contributed by atoms with Gasteiger partial charge < -0.3 is 10.6 Å². The molecule has 4 heterocycles. The third-order valence-electron chi connectivity index (χ3n) is 4.49. The number of anilines is 1. The number of hydrogen-bond acceptors (Lipinski definition) is 5. The van der Waals surface area contributed by atoms with Gasteiger partial charge in [-0.1, -0.05) is 0 Å². The molecule has 1 fully saturated rings. The monoisotopic (exact) mass is 336 g/mol. The molecule has 3 aromatic rings. The summed E-state index contributed by atoms with van der Waals surface area (Å²) < 4.78 is 1.75. The van der Waals surface area contributed by atoms with E-state index in [1.54, 1.807) is 17.1 Å². The number of fused-ring (bicyclic) bond motifs is 1. The van der Waals surface area contributed by atoms with Gasteiger partial charge in [-0.2, -0.15) is 5.10 Å². The zero-order valence-corrected chi connectivity index (χ0v) is 14.1. The van der Waals surface area contributed by atoms with Crippen molar-refractivity contribution in [2.45, 2.75) is 12.8 Å². The highest BCUT2D eigenvalue weighted by Crippen LogP contribution is 2.22. The zero-order chi connectivity index (χ0) is 17.2. The number of carbonyl (C=O) groups is 1. The fourth-order valence-electron chi connectivity index (χ4n) is 3.10. The minimum Gasteiger partial charge on any atom is -0.316 e. The SMILES string of the molecule is Cn1cc(-c2ccc3cnc(NC(=O)C4CCCNC4)cc3n2)cn1. The Hall–Kier alpha value is -2.80. The van der Waals surface area contributed by atoms with E-state index >= 15 is 0 Å². The Bertz CT molecular complexity index is 913. The van der Waals surface area contributed by atoms with Crippen molar-refractivity contribution in [3.8, 4) is 11.3 Å². The quantitative estimate of drug-likeness (QED) is 0.764. The summed E-state index contributed by atoms with van der Waals surface area (Å²) in [5.74, 6) is 0.558. The van der Waals surface area contributed by atoms with Crippen molar-refractivity contribution < 1.29 is 4.79 Å². The van der Waals surface area contributed by atoms with Gasteiger partial charge in [0.05, 0.1) is 23.3 Å². The number of carbonyl (C=O) groups excluding carboxylic acids is 1. The number of pyridine rings is 2. The molecule has 128 valence electrons. The number of nitrogens with zero attached hydrogens (tertiary/aromatic N) is 4. The lowest BCUT2D eigenvalue weighted by Crippen LogP contribution is -2.37. The lowest BCUT2D eigenvalue weighted by molar-refractivity contribution is -0.120. The molecule has 2 N–H and O–H groups in total. The van der Waals surface area contributed by atoms with Crippen LogP contribution in [0.15, 0.2) is 36.8 Å². The summed E-state index contributed by atoms with van der Waals surface area (Å²) in [6.45, 7) is 1.71. The standard InChI is InChI=1S/C18H20N6O/c1-24-11-14(10-21-24)15-5-4-12-9-20-17(7-16(12)22-15)23-18(25)13-3-2-6-19-8-13/h4-5,7,9-11,13,19H,2-3,6,8H2,1H3,(H,20,23,25). The lowest BCUT2D eigenvalue weighted by atomic mass is 9.99. The van der Waals surface area contributed by atoms with Crippen LogP contribution in [0.25, 0.3) is 22.2 Å². The average molecular weight is 336 g/mol. The highest BCUT2D eigenvalue weighted by Gasteiger charge is 2.21. The normalized spacial score (nSPS) is 17.6. The highest BCUT2D eigenvalue weighted by atomic mass is 16.2. The van der Waals surface area contributed by atoms with Crippen LogP contribution in [0.1, 0.15) is 12.8 Å². The second-order valence-electron chi connectivity index (χ2n) is 6.39. The van der Waals surface area contributed by atoms with E-state index in [-0.39, 0.29) is 11.8 Å². The van der Waals surface area contributed by atoms with Crippen LogP contribution in [0.2, 0.25) is 0 Å². The fraction of sp³-hybridized carbons (Fsp3) is 0.333. The van der Waals surface area contributed by atoms with Crippen LogP contribution >= 0.6 is 0 Å². The molecule has 7 nitrogen and oxygen atoms in total. The van der Waals surface area contributed by atoms with Crippen LogP contribution in [0.3, 0.4) is 0 Å². The maximum Gasteiger partial charge on any atom is 0.229 e.